The molecule has 2 aliphatic rings. The summed E-state index contributed by atoms with van der Waals surface area (Å²) in [5, 5.41) is 19.8. The molecule has 0 spiro atoms. The number of aliphatic carboxylic acids is 1. The fourth-order valence-corrected chi connectivity index (χ4v) is 5.00. The Morgan fingerprint density at radius 3 is 2.26 bits per heavy atom. The molecule has 11 heteroatoms. The molecule has 3 rings (SSSR count). The third-order valence-corrected chi connectivity index (χ3v) is 6.97. The topological polar surface area (TPSA) is 138 Å². The second-order valence-electron chi connectivity index (χ2n) is 6.67. The van der Waals surface area contributed by atoms with E-state index in [9.17, 15) is 28.1 Å². The van der Waals surface area contributed by atoms with Crippen LogP contribution in [0.1, 0.15) is 19.3 Å². The molecule has 27 heavy (non-hydrogen) atoms. The molecule has 146 valence electrons. The predicted molar refractivity (Wildman–Crippen MR) is 92.3 cm³/mol. The summed E-state index contributed by atoms with van der Waals surface area (Å²) in [5.41, 5.74) is -0.187. The molecular formula is C16H19N3O7S. The monoisotopic (exact) mass is 397 g/mol. The number of likely N-dealkylation sites (tertiary alicyclic amines) is 1. The average Bonchev–Trinajstić information content (AvgIpc) is 3.04. The lowest BCUT2D eigenvalue weighted by atomic mass is 10.1. The van der Waals surface area contributed by atoms with E-state index in [2.05, 4.69) is 0 Å². The number of rotatable bonds is 5. The molecule has 2 heterocycles. The third-order valence-electron chi connectivity index (χ3n) is 5.06. The van der Waals surface area contributed by atoms with E-state index in [1.165, 1.54) is 16.4 Å². The summed E-state index contributed by atoms with van der Waals surface area (Å²) in [7, 11) is -3.78. The maximum absolute atomic E-state index is 12.7. The number of non-ortho nitro benzene ring substituents is 1. The predicted octanol–water partition coefficient (Wildman–Crippen LogP) is 0.681. The van der Waals surface area contributed by atoms with Crippen molar-refractivity contribution in [3.8, 4) is 0 Å². The van der Waals surface area contributed by atoms with Crippen LogP contribution in [0.15, 0.2) is 29.2 Å². The van der Waals surface area contributed by atoms with Crippen LogP contribution >= 0.6 is 0 Å². The molecule has 10 nitrogen and oxygen atoms in total. The van der Waals surface area contributed by atoms with Gasteiger partial charge in [-0.1, -0.05) is 0 Å². The van der Waals surface area contributed by atoms with Crippen LogP contribution in [-0.4, -0.2) is 65.2 Å². The van der Waals surface area contributed by atoms with E-state index in [4.69, 9.17) is 5.11 Å². The number of carboxylic acids is 1. The van der Waals surface area contributed by atoms with Crippen LogP contribution in [0.25, 0.3) is 0 Å². The van der Waals surface area contributed by atoms with Crippen molar-refractivity contribution in [2.24, 2.45) is 5.92 Å². The number of amides is 1. The largest absolute Gasteiger partial charge is 0.481 e. The average molecular weight is 397 g/mol. The molecule has 0 radical (unpaired) electrons. The van der Waals surface area contributed by atoms with Crippen LogP contribution < -0.4 is 0 Å². The van der Waals surface area contributed by atoms with Crippen molar-refractivity contribution in [2.45, 2.75) is 30.2 Å². The Morgan fingerprint density at radius 2 is 1.78 bits per heavy atom. The van der Waals surface area contributed by atoms with Crippen molar-refractivity contribution in [1.29, 1.82) is 0 Å². The van der Waals surface area contributed by atoms with Crippen LogP contribution in [-0.2, 0) is 19.6 Å². The van der Waals surface area contributed by atoms with Crippen molar-refractivity contribution >= 4 is 27.6 Å². The number of carboxylic acid groups (broad SMARTS) is 1. The molecular weight excluding hydrogens is 378 g/mol. The lowest BCUT2D eigenvalue weighted by Crippen LogP contribution is -2.47. The zero-order valence-corrected chi connectivity index (χ0v) is 15.2. The second-order valence-corrected chi connectivity index (χ2v) is 8.61. The Kier molecular flexibility index (Phi) is 5.16. The summed E-state index contributed by atoms with van der Waals surface area (Å²) in [6.07, 6.45) is 0.825. The Hall–Kier alpha value is -2.53. The minimum Gasteiger partial charge on any atom is -0.481 e. The first kappa shape index (κ1) is 19.2. The van der Waals surface area contributed by atoms with Gasteiger partial charge in [-0.15, -0.1) is 0 Å². The Morgan fingerprint density at radius 1 is 1.19 bits per heavy atom. The highest BCUT2D eigenvalue weighted by Gasteiger charge is 2.40. The van der Waals surface area contributed by atoms with Gasteiger partial charge in [-0.05, 0) is 25.0 Å². The van der Waals surface area contributed by atoms with E-state index >= 15 is 0 Å². The molecule has 1 unspecified atom stereocenters. The summed E-state index contributed by atoms with van der Waals surface area (Å²) in [5.74, 6) is -1.91. The summed E-state index contributed by atoms with van der Waals surface area (Å²) < 4.78 is 26.7. The number of hydrogen-bond donors (Lipinski definition) is 1. The standard InChI is InChI=1S/C16H19N3O7S/c20-15-9-11(16(21)22)10-18(15)12-5-7-17(8-6-12)27(25,26)14-3-1-13(2-4-14)19(23)24/h1-4,11-12H,5-10H2,(H,21,22). The number of hydrogen-bond acceptors (Lipinski definition) is 6. The zero-order chi connectivity index (χ0) is 19.8. The van der Waals surface area contributed by atoms with Gasteiger partial charge in [0.2, 0.25) is 15.9 Å². The maximum atomic E-state index is 12.7. The van der Waals surface area contributed by atoms with E-state index in [-0.39, 0.29) is 48.6 Å². The lowest BCUT2D eigenvalue weighted by Gasteiger charge is -2.36. The fourth-order valence-electron chi connectivity index (χ4n) is 3.53. The highest BCUT2D eigenvalue weighted by atomic mass is 32.2. The first-order valence-electron chi connectivity index (χ1n) is 8.47. The van der Waals surface area contributed by atoms with Crippen LogP contribution in [0, 0.1) is 16.0 Å². The van der Waals surface area contributed by atoms with E-state index in [0.29, 0.717) is 12.8 Å². The number of nitro groups is 1. The molecule has 1 aromatic carbocycles. The number of sulfonamides is 1. The van der Waals surface area contributed by atoms with Gasteiger partial charge < -0.3 is 10.0 Å². The van der Waals surface area contributed by atoms with Crippen molar-refractivity contribution in [3.05, 3.63) is 34.4 Å². The van der Waals surface area contributed by atoms with Gasteiger partial charge in [0.1, 0.15) is 0 Å². The van der Waals surface area contributed by atoms with Crippen LogP contribution in [0.5, 0.6) is 0 Å². The molecule has 0 aliphatic carbocycles. The van der Waals surface area contributed by atoms with Crippen molar-refractivity contribution in [1.82, 2.24) is 9.21 Å². The van der Waals surface area contributed by atoms with E-state index in [0.717, 1.165) is 12.1 Å². The molecule has 2 fully saturated rings. The second kappa shape index (κ2) is 7.24. The smallest absolute Gasteiger partial charge is 0.308 e. The Balaban J connectivity index is 1.65. The summed E-state index contributed by atoms with van der Waals surface area (Å²) in [6.45, 7) is 0.560. The zero-order valence-electron chi connectivity index (χ0n) is 14.4. The van der Waals surface area contributed by atoms with Crippen LogP contribution in [0.4, 0.5) is 5.69 Å². The molecule has 1 atom stereocenters. The number of nitrogens with zero attached hydrogens (tertiary/aromatic N) is 3. The molecule has 1 amide bonds. The van der Waals surface area contributed by atoms with Crippen molar-refractivity contribution in [3.63, 3.8) is 0 Å². The SMILES string of the molecule is O=C(O)C1CC(=O)N(C2CCN(S(=O)(=O)c3ccc([N+](=O)[O-])cc3)CC2)C1. The quantitative estimate of drug-likeness (QED) is 0.569. The first-order valence-corrected chi connectivity index (χ1v) is 9.91. The Bertz CT molecular complexity index is 861. The van der Waals surface area contributed by atoms with Gasteiger partial charge in [-0.25, -0.2) is 8.42 Å². The molecule has 0 saturated carbocycles. The number of nitro benzene ring substituents is 1. The summed E-state index contributed by atoms with van der Waals surface area (Å²) in [4.78, 5) is 34.8. The van der Waals surface area contributed by atoms with Gasteiger partial charge in [0.15, 0.2) is 0 Å². The van der Waals surface area contributed by atoms with E-state index in [1.54, 1.807) is 4.90 Å². The minimum atomic E-state index is -3.78. The van der Waals surface area contributed by atoms with E-state index < -0.39 is 26.8 Å². The van der Waals surface area contributed by atoms with Gasteiger partial charge in [0.05, 0.1) is 15.7 Å². The summed E-state index contributed by atoms with van der Waals surface area (Å²) in [6, 6.07) is 4.54. The molecule has 0 bridgehead atoms. The van der Waals surface area contributed by atoms with Crippen molar-refractivity contribution < 1.29 is 28.0 Å². The van der Waals surface area contributed by atoms with Gasteiger partial charge in [-0.2, -0.15) is 4.31 Å². The minimum absolute atomic E-state index is 0.0172. The van der Waals surface area contributed by atoms with Crippen LogP contribution in [0.3, 0.4) is 0 Å². The molecule has 2 aliphatic heterocycles. The molecule has 1 N–H and O–H groups in total. The van der Waals surface area contributed by atoms with E-state index in [1.807, 2.05) is 0 Å². The van der Waals surface area contributed by atoms with Gasteiger partial charge in [0.25, 0.3) is 5.69 Å². The summed E-state index contributed by atoms with van der Waals surface area (Å²) >= 11 is 0. The number of carbonyl (C=O) groups is 2. The maximum Gasteiger partial charge on any atom is 0.308 e. The Labute approximate surface area is 155 Å². The number of piperidine rings is 1. The fraction of sp³-hybridized carbons (Fsp3) is 0.500. The highest BCUT2D eigenvalue weighted by molar-refractivity contribution is 7.89. The number of benzene rings is 1. The molecule has 2 saturated heterocycles. The molecule has 0 aromatic heterocycles. The third kappa shape index (κ3) is 3.78. The van der Waals surface area contributed by atoms with Gasteiger partial charge in [0, 0.05) is 44.2 Å². The van der Waals surface area contributed by atoms with Crippen LogP contribution in [0.2, 0.25) is 0 Å². The first-order chi connectivity index (χ1) is 12.7. The van der Waals surface area contributed by atoms with Gasteiger partial charge >= 0.3 is 5.97 Å². The molecule has 1 aromatic rings. The number of carbonyl (C=O) groups excluding carboxylic acids is 1. The van der Waals surface area contributed by atoms with Gasteiger partial charge in [-0.3, -0.25) is 19.7 Å². The lowest BCUT2D eigenvalue weighted by molar-refractivity contribution is -0.384. The van der Waals surface area contributed by atoms with Crippen molar-refractivity contribution in [2.75, 3.05) is 19.6 Å². The highest BCUT2D eigenvalue weighted by Crippen LogP contribution is 2.28. The normalized spacial score (nSPS) is 22.1.